The van der Waals surface area contributed by atoms with Crippen LogP contribution >= 0.6 is 11.3 Å². The number of hydrogen-bond acceptors (Lipinski definition) is 7. The van der Waals surface area contributed by atoms with E-state index in [9.17, 15) is 13.5 Å². The second kappa shape index (κ2) is 7.59. The Morgan fingerprint density at radius 3 is 2.82 bits per heavy atom. The summed E-state index contributed by atoms with van der Waals surface area (Å²) in [7, 11) is -3.45. The summed E-state index contributed by atoms with van der Waals surface area (Å²) in [5, 5.41) is 15.1. The van der Waals surface area contributed by atoms with Gasteiger partial charge in [0, 0.05) is 23.4 Å². The zero-order valence-electron chi connectivity index (χ0n) is 15.1. The minimum atomic E-state index is -3.45. The average molecular weight is 417 g/mol. The second-order valence-electron chi connectivity index (χ2n) is 6.49. The van der Waals surface area contributed by atoms with Crippen molar-refractivity contribution in [2.45, 2.75) is 19.0 Å². The Bertz CT molecular complexity index is 1110. The molecule has 1 atom stereocenters. The number of thiophene rings is 1. The van der Waals surface area contributed by atoms with Crippen molar-refractivity contribution in [3.8, 4) is 0 Å². The third-order valence-corrected chi connectivity index (χ3v) is 7.45. The number of aliphatic hydroxyl groups excluding tert-OH is 1. The molecule has 0 amide bonds. The summed E-state index contributed by atoms with van der Waals surface area (Å²) in [6.45, 7) is 4.04. The zero-order chi connectivity index (χ0) is 19.7. The fraction of sp³-hybridized carbons (Fsp3) is 0.263. The molecular formula is C19H20N4O3S2. The van der Waals surface area contributed by atoms with Crippen LogP contribution in [0.25, 0.3) is 10.2 Å². The molecule has 1 aliphatic heterocycles. The summed E-state index contributed by atoms with van der Waals surface area (Å²) >= 11 is 1.48. The molecule has 9 heteroatoms. The third kappa shape index (κ3) is 3.42. The molecule has 0 radical (unpaired) electrons. The SMILES string of the molecule is C=CS(=O)(=O)N1CCc2c(sc3ncnc(N[C@H](CO)c4ccccc4)c23)C1. The smallest absolute Gasteiger partial charge is 0.235 e. The lowest BCUT2D eigenvalue weighted by Crippen LogP contribution is -2.33. The van der Waals surface area contributed by atoms with Gasteiger partial charge in [-0.25, -0.2) is 18.4 Å². The minimum absolute atomic E-state index is 0.0762. The Morgan fingerprint density at radius 1 is 1.32 bits per heavy atom. The number of aliphatic hydroxyl groups is 1. The van der Waals surface area contributed by atoms with Gasteiger partial charge in [-0.05, 0) is 17.5 Å². The fourth-order valence-corrected chi connectivity index (χ4v) is 5.57. The van der Waals surface area contributed by atoms with Crippen molar-refractivity contribution >= 4 is 37.4 Å². The van der Waals surface area contributed by atoms with Crippen LogP contribution in [0.15, 0.2) is 48.6 Å². The second-order valence-corrected chi connectivity index (χ2v) is 9.45. The molecule has 3 aromatic rings. The molecular weight excluding hydrogens is 396 g/mol. The van der Waals surface area contributed by atoms with Crippen LogP contribution in [0.3, 0.4) is 0 Å². The predicted octanol–water partition coefficient (Wildman–Crippen LogP) is 2.67. The van der Waals surface area contributed by atoms with Crippen LogP contribution in [0, 0.1) is 0 Å². The molecule has 3 heterocycles. The van der Waals surface area contributed by atoms with Crippen molar-refractivity contribution in [1.82, 2.24) is 14.3 Å². The Balaban J connectivity index is 1.71. The van der Waals surface area contributed by atoms with Gasteiger partial charge in [0.2, 0.25) is 10.0 Å². The summed E-state index contributed by atoms with van der Waals surface area (Å²) in [4.78, 5) is 10.6. The Hall–Kier alpha value is -2.33. The van der Waals surface area contributed by atoms with E-state index in [1.807, 2.05) is 30.3 Å². The standard InChI is InChI=1S/C19H20N4O3S2/c1-2-28(25,26)23-9-8-14-16(10-23)27-19-17(14)18(20-12-21-19)22-15(11-24)13-6-4-3-5-7-13/h2-7,12,15,24H,1,8-11H2,(H,20,21,22)/t15-/m1/s1. The van der Waals surface area contributed by atoms with E-state index in [1.54, 1.807) is 0 Å². The lowest BCUT2D eigenvalue weighted by molar-refractivity contribution is 0.276. The Morgan fingerprint density at radius 2 is 2.11 bits per heavy atom. The molecule has 28 heavy (non-hydrogen) atoms. The van der Waals surface area contributed by atoms with Gasteiger partial charge in [0.25, 0.3) is 0 Å². The summed E-state index contributed by atoms with van der Waals surface area (Å²) in [6, 6.07) is 9.39. The van der Waals surface area contributed by atoms with E-state index in [-0.39, 0.29) is 12.6 Å². The molecule has 0 saturated carbocycles. The van der Waals surface area contributed by atoms with E-state index < -0.39 is 10.0 Å². The largest absolute Gasteiger partial charge is 0.394 e. The molecule has 0 aliphatic carbocycles. The number of sulfonamides is 1. The Labute approximate surface area is 167 Å². The van der Waals surface area contributed by atoms with Crippen molar-refractivity contribution in [2.75, 3.05) is 18.5 Å². The van der Waals surface area contributed by atoms with E-state index in [1.165, 1.54) is 22.0 Å². The van der Waals surface area contributed by atoms with Gasteiger partial charge in [0.1, 0.15) is 17.0 Å². The van der Waals surface area contributed by atoms with E-state index in [2.05, 4.69) is 21.9 Å². The molecule has 4 rings (SSSR count). The topological polar surface area (TPSA) is 95.4 Å². The highest BCUT2D eigenvalue weighted by Gasteiger charge is 2.29. The van der Waals surface area contributed by atoms with Crippen LogP contribution in [0.4, 0.5) is 5.82 Å². The predicted molar refractivity (Wildman–Crippen MR) is 111 cm³/mol. The highest BCUT2D eigenvalue weighted by molar-refractivity contribution is 7.92. The van der Waals surface area contributed by atoms with Crippen molar-refractivity contribution in [3.05, 3.63) is 64.7 Å². The molecule has 1 aliphatic rings. The van der Waals surface area contributed by atoms with Crippen molar-refractivity contribution in [2.24, 2.45) is 0 Å². The molecule has 0 spiro atoms. The van der Waals surface area contributed by atoms with Crippen LogP contribution in [0.5, 0.6) is 0 Å². The summed E-state index contributed by atoms with van der Waals surface area (Å²) in [5.74, 6) is 0.658. The molecule has 7 nitrogen and oxygen atoms in total. The van der Waals surface area contributed by atoms with Crippen LogP contribution in [0.1, 0.15) is 22.0 Å². The van der Waals surface area contributed by atoms with E-state index in [0.29, 0.717) is 25.3 Å². The maximum absolute atomic E-state index is 12.1. The quantitative estimate of drug-likeness (QED) is 0.641. The third-order valence-electron chi connectivity index (χ3n) is 4.87. The summed E-state index contributed by atoms with van der Waals surface area (Å²) in [6.07, 6.45) is 2.07. The Kier molecular flexibility index (Phi) is 5.15. The number of hydrogen-bond donors (Lipinski definition) is 2. The van der Waals surface area contributed by atoms with Gasteiger partial charge in [-0.2, -0.15) is 4.31 Å². The molecule has 2 N–H and O–H groups in total. The first-order valence-electron chi connectivity index (χ1n) is 8.83. The molecule has 0 bridgehead atoms. The van der Waals surface area contributed by atoms with Crippen LogP contribution < -0.4 is 5.32 Å². The maximum Gasteiger partial charge on any atom is 0.235 e. The van der Waals surface area contributed by atoms with Gasteiger partial charge < -0.3 is 10.4 Å². The molecule has 0 saturated heterocycles. The van der Waals surface area contributed by atoms with Gasteiger partial charge in [0.15, 0.2) is 0 Å². The molecule has 146 valence electrons. The highest BCUT2D eigenvalue weighted by Crippen LogP contribution is 2.38. The first kappa shape index (κ1) is 19.0. The maximum atomic E-state index is 12.1. The number of anilines is 1. The van der Waals surface area contributed by atoms with Crippen molar-refractivity contribution in [1.29, 1.82) is 0 Å². The number of rotatable bonds is 6. The van der Waals surface area contributed by atoms with Crippen LogP contribution in [-0.4, -0.2) is 40.9 Å². The minimum Gasteiger partial charge on any atom is -0.394 e. The highest BCUT2D eigenvalue weighted by atomic mass is 32.2. The molecule has 0 fully saturated rings. The van der Waals surface area contributed by atoms with Gasteiger partial charge in [-0.3, -0.25) is 0 Å². The lowest BCUT2D eigenvalue weighted by Gasteiger charge is -2.25. The normalized spacial score (nSPS) is 15.9. The molecule has 0 unspecified atom stereocenters. The van der Waals surface area contributed by atoms with Crippen LogP contribution in [-0.2, 0) is 23.0 Å². The monoisotopic (exact) mass is 416 g/mol. The average Bonchev–Trinajstić information content (AvgIpc) is 3.11. The zero-order valence-corrected chi connectivity index (χ0v) is 16.7. The first-order chi connectivity index (χ1) is 13.5. The number of nitrogens with zero attached hydrogens (tertiary/aromatic N) is 3. The van der Waals surface area contributed by atoms with Gasteiger partial charge in [-0.15, -0.1) is 11.3 Å². The fourth-order valence-electron chi connectivity index (χ4n) is 3.42. The summed E-state index contributed by atoms with van der Waals surface area (Å²) < 4.78 is 25.7. The number of fused-ring (bicyclic) bond motifs is 3. The molecule has 1 aromatic carbocycles. The van der Waals surface area contributed by atoms with Crippen molar-refractivity contribution < 1.29 is 13.5 Å². The molecule has 2 aromatic heterocycles. The van der Waals surface area contributed by atoms with Crippen LogP contribution in [0.2, 0.25) is 0 Å². The van der Waals surface area contributed by atoms with Gasteiger partial charge >= 0.3 is 0 Å². The number of nitrogens with one attached hydrogen (secondary N) is 1. The van der Waals surface area contributed by atoms with Gasteiger partial charge in [-0.1, -0.05) is 36.9 Å². The van der Waals surface area contributed by atoms with E-state index in [4.69, 9.17) is 0 Å². The number of aromatic nitrogens is 2. The van der Waals surface area contributed by atoms with Gasteiger partial charge in [0.05, 0.1) is 18.0 Å². The number of benzene rings is 1. The first-order valence-corrected chi connectivity index (χ1v) is 11.2. The van der Waals surface area contributed by atoms with Crippen molar-refractivity contribution in [3.63, 3.8) is 0 Å². The van der Waals surface area contributed by atoms with E-state index >= 15 is 0 Å². The lowest BCUT2D eigenvalue weighted by atomic mass is 10.0. The van der Waals surface area contributed by atoms with E-state index in [0.717, 1.165) is 31.6 Å². The summed E-state index contributed by atoms with van der Waals surface area (Å²) in [5.41, 5.74) is 2.03.